The van der Waals surface area contributed by atoms with Crippen molar-refractivity contribution in [2.24, 2.45) is 0 Å². The van der Waals surface area contributed by atoms with Gasteiger partial charge in [-0.2, -0.15) is 0 Å². The SMILES string of the molecule is [CH2]c1cccc(OCc2ccc(OC)cc2)c1OCc1ccc(OC)cc1. The third-order valence-corrected chi connectivity index (χ3v) is 4.16. The van der Waals surface area contributed by atoms with Gasteiger partial charge in [0.25, 0.3) is 0 Å². The normalized spacial score (nSPS) is 10.3. The van der Waals surface area contributed by atoms with Crippen LogP contribution in [0.15, 0.2) is 66.7 Å². The molecule has 0 amide bonds. The van der Waals surface area contributed by atoms with Crippen molar-refractivity contribution in [3.8, 4) is 23.0 Å². The highest BCUT2D eigenvalue weighted by Gasteiger charge is 2.09. The standard InChI is InChI=1S/C23H23O4/c1-17-5-4-6-22(26-15-18-7-11-20(24-2)12-8-18)23(17)27-16-19-9-13-21(25-3)14-10-19/h4-14H,1,15-16H2,2-3H3. The van der Waals surface area contributed by atoms with E-state index in [1.807, 2.05) is 66.7 Å². The monoisotopic (exact) mass is 363 g/mol. The highest BCUT2D eigenvalue weighted by molar-refractivity contribution is 5.48. The van der Waals surface area contributed by atoms with Gasteiger partial charge in [0.2, 0.25) is 0 Å². The third kappa shape index (κ3) is 4.94. The molecule has 139 valence electrons. The van der Waals surface area contributed by atoms with Crippen LogP contribution >= 0.6 is 0 Å². The van der Waals surface area contributed by atoms with E-state index in [0.29, 0.717) is 24.7 Å². The average molecular weight is 363 g/mol. The Morgan fingerprint density at radius 1 is 0.667 bits per heavy atom. The van der Waals surface area contributed by atoms with Crippen LogP contribution in [0.3, 0.4) is 0 Å². The Labute approximate surface area is 160 Å². The summed E-state index contributed by atoms with van der Waals surface area (Å²) < 4.78 is 22.3. The predicted molar refractivity (Wildman–Crippen MR) is 106 cm³/mol. The summed E-state index contributed by atoms with van der Waals surface area (Å²) in [4.78, 5) is 0. The molecular formula is C23H23O4. The molecule has 0 aromatic heterocycles. The van der Waals surface area contributed by atoms with E-state index in [-0.39, 0.29) is 0 Å². The Hall–Kier alpha value is -3.14. The molecule has 3 aromatic rings. The van der Waals surface area contributed by atoms with Crippen molar-refractivity contribution in [2.45, 2.75) is 13.2 Å². The number of ether oxygens (including phenoxy) is 4. The summed E-state index contributed by atoms with van der Waals surface area (Å²) in [6.07, 6.45) is 0. The number of rotatable bonds is 8. The Morgan fingerprint density at radius 3 is 1.70 bits per heavy atom. The minimum Gasteiger partial charge on any atom is -0.497 e. The van der Waals surface area contributed by atoms with Gasteiger partial charge < -0.3 is 18.9 Å². The number of hydrogen-bond donors (Lipinski definition) is 0. The molecule has 4 nitrogen and oxygen atoms in total. The maximum Gasteiger partial charge on any atom is 0.164 e. The second kappa shape index (κ2) is 8.99. The zero-order valence-electron chi connectivity index (χ0n) is 15.6. The Bertz CT molecular complexity index is 855. The summed E-state index contributed by atoms with van der Waals surface area (Å²) in [7, 11) is 3.30. The molecule has 0 heterocycles. The highest BCUT2D eigenvalue weighted by atomic mass is 16.5. The topological polar surface area (TPSA) is 36.9 Å². The van der Waals surface area contributed by atoms with E-state index in [4.69, 9.17) is 18.9 Å². The van der Waals surface area contributed by atoms with Crippen molar-refractivity contribution < 1.29 is 18.9 Å². The van der Waals surface area contributed by atoms with E-state index in [0.717, 1.165) is 28.2 Å². The van der Waals surface area contributed by atoms with Crippen molar-refractivity contribution >= 4 is 0 Å². The van der Waals surface area contributed by atoms with E-state index in [1.165, 1.54) is 0 Å². The lowest BCUT2D eigenvalue weighted by Crippen LogP contribution is -2.02. The highest BCUT2D eigenvalue weighted by Crippen LogP contribution is 2.32. The van der Waals surface area contributed by atoms with Crippen molar-refractivity contribution in [1.82, 2.24) is 0 Å². The first-order valence-electron chi connectivity index (χ1n) is 8.66. The van der Waals surface area contributed by atoms with Gasteiger partial charge >= 0.3 is 0 Å². The van der Waals surface area contributed by atoms with Crippen LogP contribution in [-0.2, 0) is 13.2 Å². The molecule has 0 aliphatic carbocycles. The first kappa shape index (κ1) is 18.6. The van der Waals surface area contributed by atoms with Gasteiger partial charge in [-0.25, -0.2) is 0 Å². The second-order valence-corrected chi connectivity index (χ2v) is 6.02. The van der Waals surface area contributed by atoms with Gasteiger partial charge in [-0.15, -0.1) is 0 Å². The lowest BCUT2D eigenvalue weighted by molar-refractivity contribution is 0.255. The molecule has 3 rings (SSSR count). The molecule has 4 heteroatoms. The summed E-state index contributed by atoms with van der Waals surface area (Å²) in [6, 6.07) is 21.3. The molecule has 0 spiro atoms. The van der Waals surface area contributed by atoms with Crippen LogP contribution in [0.4, 0.5) is 0 Å². The van der Waals surface area contributed by atoms with E-state index in [9.17, 15) is 0 Å². The zero-order chi connectivity index (χ0) is 19.1. The molecule has 0 saturated carbocycles. The maximum atomic E-state index is 6.00. The number of para-hydroxylation sites is 1. The smallest absolute Gasteiger partial charge is 0.164 e. The van der Waals surface area contributed by atoms with Crippen LogP contribution < -0.4 is 18.9 Å². The Kier molecular flexibility index (Phi) is 6.21. The minimum absolute atomic E-state index is 0.426. The quantitative estimate of drug-likeness (QED) is 0.562. The van der Waals surface area contributed by atoms with Crippen LogP contribution in [0.25, 0.3) is 0 Å². The van der Waals surface area contributed by atoms with Crippen molar-refractivity contribution in [3.63, 3.8) is 0 Å². The Morgan fingerprint density at radius 2 is 1.19 bits per heavy atom. The van der Waals surface area contributed by atoms with Crippen molar-refractivity contribution in [3.05, 3.63) is 90.3 Å². The molecule has 0 N–H and O–H groups in total. The van der Waals surface area contributed by atoms with Gasteiger partial charge in [0.15, 0.2) is 11.5 Å². The molecule has 0 aliphatic heterocycles. The van der Waals surface area contributed by atoms with Gasteiger partial charge in [-0.1, -0.05) is 36.4 Å². The van der Waals surface area contributed by atoms with Crippen LogP contribution in [0.2, 0.25) is 0 Å². The average Bonchev–Trinajstić information content (AvgIpc) is 2.72. The lowest BCUT2D eigenvalue weighted by atomic mass is 10.2. The van der Waals surface area contributed by atoms with Gasteiger partial charge in [0.1, 0.15) is 24.7 Å². The zero-order valence-corrected chi connectivity index (χ0v) is 15.6. The Balaban J connectivity index is 1.67. The van der Waals surface area contributed by atoms with Crippen LogP contribution in [-0.4, -0.2) is 14.2 Å². The second-order valence-electron chi connectivity index (χ2n) is 6.02. The van der Waals surface area contributed by atoms with Gasteiger partial charge in [-0.3, -0.25) is 0 Å². The molecule has 0 atom stereocenters. The molecule has 3 aromatic carbocycles. The van der Waals surface area contributed by atoms with Gasteiger partial charge in [-0.05, 0) is 53.9 Å². The van der Waals surface area contributed by atoms with Crippen molar-refractivity contribution in [1.29, 1.82) is 0 Å². The lowest BCUT2D eigenvalue weighted by Gasteiger charge is -2.15. The summed E-state index contributed by atoms with van der Waals surface area (Å²) in [5.74, 6) is 2.97. The summed E-state index contributed by atoms with van der Waals surface area (Å²) in [5, 5.41) is 0. The van der Waals surface area contributed by atoms with Crippen LogP contribution in [0.1, 0.15) is 16.7 Å². The summed E-state index contributed by atoms with van der Waals surface area (Å²) >= 11 is 0. The van der Waals surface area contributed by atoms with Gasteiger partial charge in [0.05, 0.1) is 14.2 Å². The third-order valence-electron chi connectivity index (χ3n) is 4.16. The fourth-order valence-corrected chi connectivity index (χ4v) is 2.60. The largest absolute Gasteiger partial charge is 0.497 e. The van der Waals surface area contributed by atoms with Crippen molar-refractivity contribution in [2.75, 3.05) is 14.2 Å². The molecule has 0 bridgehead atoms. The van der Waals surface area contributed by atoms with Crippen LogP contribution in [0, 0.1) is 6.92 Å². The van der Waals surface area contributed by atoms with E-state index in [1.54, 1.807) is 14.2 Å². The van der Waals surface area contributed by atoms with Gasteiger partial charge in [0, 0.05) is 0 Å². The first-order chi connectivity index (χ1) is 13.2. The maximum absolute atomic E-state index is 6.00. The number of benzene rings is 3. The fourth-order valence-electron chi connectivity index (χ4n) is 2.60. The molecular weight excluding hydrogens is 340 g/mol. The van der Waals surface area contributed by atoms with E-state index < -0.39 is 0 Å². The summed E-state index contributed by atoms with van der Waals surface area (Å²) in [6.45, 7) is 4.92. The fraction of sp³-hybridized carbons (Fsp3) is 0.174. The molecule has 1 radical (unpaired) electrons. The first-order valence-corrected chi connectivity index (χ1v) is 8.66. The predicted octanol–water partition coefficient (Wildman–Crippen LogP) is 5.04. The molecule has 0 saturated heterocycles. The molecule has 0 aliphatic rings. The van der Waals surface area contributed by atoms with E-state index >= 15 is 0 Å². The minimum atomic E-state index is 0.426. The molecule has 27 heavy (non-hydrogen) atoms. The molecule has 0 fully saturated rings. The van der Waals surface area contributed by atoms with E-state index in [2.05, 4.69) is 6.92 Å². The van der Waals surface area contributed by atoms with Crippen LogP contribution in [0.5, 0.6) is 23.0 Å². The number of hydrogen-bond acceptors (Lipinski definition) is 4. The summed E-state index contributed by atoms with van der Waals surface area (Å²) in [5.41, 5.74) is 2.88. The molecule has 0 unspecified atom stereocenters. The number of methoxy groups -OCH3 is 2.